The Morgan fingerprint density at radius 2 is 1.95 bits per heavy atom. The van der Waals surface area contributed by atoms with Crippen LogP contribution in [-0.4, -0.2) is 34.3 Å². The predicted molar refractivity (Wildman–Crippen MR) is 90.8 cm³/mol. The zero-order valence-electron chi connectivity index (χ0n) is 12.4. The van der Waals surface area contributed by atoms with Crippen molar-refractivity contribution in [3.63, 3.8) is 0 Å². The standard InChI is InChI=1S/C15H23BrN2OS/c1-15(2,3)17-11-12-4-5-14(13(16)10-12)18-6-8-20(19)9-7-18/h4-5,10,17H,6-9,11H2,1-3H3. The van der Waals surface area contributed by atoms with Crippen LogP contribution in [-0.2, 0) is 17.3 Å². The average molecular weight is 359 g/mol. The number of halogens is 1. The molecule has 20 heavy (non-hydrogen) atoms. The van der Waals surface area contributed by atoms with Gasteiger partial charge >= 0.3 is 0 Å². The highest BCUT2D eigenvalue weighted by molar-refractivity contribution is 9.10. The summed E-state index contributed by atoms with van der Waals surface area (Å²) in [7, 11) is -0.626. The first-order valence-electron chi connectivity index (χ1n) is 6.98. The molecule has 0 atom stereocenters. The molecule has 1 fully saturated rings. The molecule has 5 heteroatoms. The molecule has 2 rings (SSSR count). The van der Waals surface area contributed by atoms with Crippen LogP contribution in [0.2, 0.25) is 0 Å². The number of benzene rings is 1. The van der Waals surface area contributed by atoms with Gasteiger partial charge in [0.25, 0.3) is 0 Å². The Labute approximate surface area is 132 Å². The van der Waals surface area contributed by atoms with Gasteiger partial charge in [-0.3, -0.25) is 4.21 Å². The van der Waals surface area contributed by atoms with E-state index in [9.17, 15) is 4.21 Å². The Hall–Kier alpha value is -0.390. The minimum atomic E-state index is -0.626. The molecule has 1 aliphatic rings. The number of hydrogen-bond acceptors (Lipinski definition) is 3. The lowest BCUT2D eigenvalue weighted by molar-refractivity contribution is 0.424. The maximum atomic E-state index is 11.4. The van der Waals surface area contributed by atoms with Crippen LogP contribution in [0.3, 0.4) is 0 Å². The number of rotatable bonds is 3. The van der Waals surface area contributed by atoms with Gasteiger partial charge in [-0.15, -0.1) is 0 Å². The molecule has 1 aromatic rings. The SMILES string of the molecule is CC(C)(C)NCc1ccc(N2CCS(=O)CC2)c(Br)c1. The molecule has 0 aliphatic carbocycles. The summed E-state index contributed by atoms with van der Waals surface area (Å²) >= 11 is 3.67. The van der Waals surface area contributed by atoms with E-state index in [-0.39, 0.29) is 5.54 Å². The third-order valence-electron chi connectivity index (χ3n) is 3.35. The largest absolute Gasteiger partial charge is 0.369 e. The zero-order chi connectivity index (χ0) is 14.8. The van der Waals surface area contributed by atoms with E-state index in [0.717, 1.165) is 35.6 Å². The summed E-state index contributed by atoms with van der Waals surface area (Å²) in [5.74, 6) is 1.56. The third-order valence-corrected chi connectivity index (χ3v) is 5.26. The molecule has 1 aliphatic heterocycles. The molecule has 1 saturated heterocycles. The van der Waals surface area contributed by atoms with Gasteiger partial charge in [0.1, 0.15) is 0 Å². The van der Waals surface area contributed by atoms with Crippen molar-refractivity contribution in [2.75, 3.05) is 29.5 Å². The van der Waals surface area contributed by atoms with E-state index in [1.54, 1.807) is 0 Å². The van der Waals surface area contributed by atoms with Crippen molar-refractivity contribution in [2.24, 2.45) is 0 Å². The summed E-state index contributed by atoms with van der Waals surface area (Å²) < 4.78 is 12.5. The summed E-state index contributed by atoms with van der Waals surface area (Å²) in [4.78, 5) is 2.31. The summed E-state index contributed by atoms with van der Waals surface area (Å²) in [6, 6.07) is 6.52. The van der Waals surface area contributed by atoms with E-state index < -0.39 is 10.8 Å². The highest BCUT2D eigenvalue weighted by atomic mass is 79.9. The molecular formula is C15H23BrN2OS. The summed E-state index contributed by atoms with van der Waals surface area (Å²) in [5.41, 5.74) is 2.61. The highest BCUT2D eigenvalue weighted by Gasteiger charge is 2.17. The molecule has 1 N–H and O–H groups in total. The Morgan fingerprint density at radius 3 is 2.50 bits per heavy atom. The topological polar surface area (TPSA) is 32.3 Å². The quantitative estimate of drug-likeness (QED) is 0.901. The molecule has 1 heterocycles. The molecule has 0 bridgehead atoms. The molecule has 0 radical (unpaired) electrons. The Morgan fingerprint density at radius 1 is 1.30 bits per heavy atom. The van der Waals surface area contributed by atoms with Gasteiger partial charge in [0.05, 0.1) is 5.69 Å². The van der Waals surface area contributed by atoms with Gasteiger partial charge in [0.2, 0.25) is 0 Å². The van der Waals surface area contributed by atoms with E-state index in [2.05, 4.69) is 65.1 Å². The first kappa shape index (κ1) is 16.0. The molecule has 0 spiro atoms. The Kier molecular flexibility index (Phi) is 5.26. The van der Waals surface area contributed by atoms with Gasteiger partial charge in [-0.05, 0) is 54.4 Å². The minimum absolute atomic E-state index is 0.127. The molecule has 0 unspecified atom stereocenters. The molecule has 0 saturated carbocycles. The van der Waals surface area contributed by atoms with Crippen LogP contribution in [0.1, 0.15) is 26.3 Å². The molecule has 0 aromatic heterocycles. The smallest absolute Gasteiger partial charge is 0.0511 e. The van der Waals surface area contributed by atoms with E-state index in [0.29, 0.717) is 0 Å². The van der Waals surface area contributed by atoms with Crippen LogP contribution in [0.4, 0.5) is 5.69 Å². The van der Waals surface area contributed by atoms with Crippen molar-refractivity contribution in [3.05, 3.63) is 28.2 Å². The highest BCUT2D eigenvalue weighted by Crippen LogP contribution is 2.28. The lowest BCUT2D eigenvalue weighted by Crippen LogP contribution is -2.38. The van der Waals surface area contributed by atoms with E-state index in [1.807, 2.05) is 0 Å². The van der Waals surface area contributed by atoms with Gasteiger partial charge in [0.15, 0.2) is 0 Å². The molecule has 1 aromatic carbocycles. The van der Waals surface area contributed by atoms with Crippen LogP contribution in [0.5, 0.6) is 0 Å². The number of nitrogens with one attached hydrogen (secondary N) is 1. The molecule has 0 amide bonds. The monoisotopic (exact) mass is 358 g/mol. The fourth-order valence-electron chi connectivity index (χ4n) is 2.16. The lowest BCUT2D eigenvalue weighted by Gasteiger charge is -2.29. The fraction of sp³-hybridized carbons (Fsp3) is 0.600. The normalized spacial score (nSPS) is 17.5. The summed E-state index contributed by atoms with van der Waals surface area (Å²) in [6.07, 6.45) is 0. The molecule has 3 nitrogen and oxygen atoms in total. The van der Waals surface area contributed by atoms with Crippen molar-refractivity contribution in [1.29, 1.82) is 0 Å². The summed E-state index contributed by atoms with van der Waals surface area (Å²) in [6.45, 7) is 9.14. The maximum absolute atomic E-state index is 11.4. The second kappa shape index (κ2) is 6.58. The van der Waals surface area contributed by atoms with E-state index in [4.69, 9.17) is 0 Å². The molecule has 112 valence electrons. The first-order chi connectivity index (χ1) is 9.35. The third kappa shape index (κ3) is 4.57. The van der Waals surface area contributed by atoms with E-state index >= 15 is 0 Å². The number of hydrogen-bond donors (Lipinski definition) is 1. The molecular weight excluding hydrogens is 336 g/mol. The summed E-state index contributed by atoms with van der Waals surface area (Å²) in [5, 5.41) is 3.50. The number of nitrogens with zero attached hydrogens (tertiary/aromatic N) is 1. The van der Waals surface area contributed by atoms with Crippen molar-refractivity contribution < 1.29 is 4.21 Å². The van der Waals surface area contributed by atoms with Gasteiger partial charge in [-0.25, -0.2) is 0 Å². The van der Waals surface area contributed by atoms with Crippen molar-refractivity contribution in [1.82, 2.24) is 5.32 Å². The van der Waals surface area contributed by atoms with E-state index in [1.165, 1.54) is 11.3 Å². The minimum Gasteiger partial charge on any atom is -0.369 e. The maximum Gasteiger partial charge on any atom is 0.0511 e. The van der Waals surface area contributed by atoms with Gasteiger partial charge in [0, 0.05) is 52.0 Å². The van der Waals surface area contributed by atoms with Crippen LogP contribution >= 0.6 is 15.9 Å². The second-order valence-corrected chi connectivity index (χ2v) is 8.77. The van der Waals surface area contributed by atoms with Gasteiger partial charge in [-0.2, -0.15) is 0 Å². The van der Waals surface area contributed by atoms with Crippen molar-refractivity contribution >= 4 is 32.4 Å². The van der Waals surface area contributed by atoms with Crippen LogP contribution in [0.25, 0.3) is 0 Å². The van der Waals surface area contributed by atoms with Crippen LogP contribution in [0.15, 0.2) is 22.7 Å². The Bertz CT molecular complexity index is 489. The Balaban J connectivity index is 2.04. The van der Waals surface area contributed by atoms with Crippen molar-refractivity contribution in [2.45, 2.75) is 32.9 Å². The zero-order valence-corrected chi connectivity index (χ0v) is 14.8. The average Bonchev–Trinajstić information content (AvgIpc) is 2.37. The van der Waals surface area contributed by atoms with Crippen LogP contribution in [0, 0.1) is 0 Å². The lowest BCUT2D eigenvalue weighted by atomic mass is 10.1. The predicted octanol–water partition coefficient (Wildman–Crippen LogP) is 2.91. The van der Waals surface area contributed by atoms with Crippen molar-refractivity contribution in [3.8, 4) is 0 Å². The fourth-order valence-corrected chi connectivity index (χ4v) is 3.89. The van der Waals surface area contributed by atoms with Gasteiger partial charge in [-0.1, -0.05) is 6.07 Å². The number of anilines is 1. The second-order valence-electron chi connectivity index (χ2n) is 6.22. The van der Waals surface area contributed by atoms with Gasteiger partial charge < -0.3 is 10.2 Å². The first-order valence-corrected chi connectivity index (χ1v) is 9.27. The van der Waals surface area contributed by atoms with Crippen LogP contribution < -0.4 is 10.2 Å².